The largest absolute Gasteiger partial charge is 0.495 e. The highest BCUT2D eigenvalue weighted by atomic mass is 16.5. The highest BCUT2D eigenvalue weighted by Gasteiger charge is 2.35. The Morgan fingerprint density at radius 1 is 1.27 bits per heavy atom. The van der Waals surface area contributed by atoms with Gasteiger partial charge in [0.15, 0.2) is 0 Å². The molecule has 0 radical (unpaired) electrons. The Hall–Kier alpha value is -3.36. The highest BCUT2D eigenvalue weighted by molar-refractivity contribution is 6.06. The molecule has 4 N–H and O–H groups in total. The maximum absolute atomic E-state index is 13.1. The van der Waals surface area contributed by atoms with Gasteiger partial charge in [-0.05, 0) is 43.9 Å². The van der Waals surface area contributed by atoms with Gasteiger partial charge in [0.25, 0.3) is 0 Å². The molecule has 1 saturated heterocycles. The van der Waals surface area contributed by atoms with E-state index in [0.29, 0.717) is 28.8 Å². The predicted octanol–water partition coefficient (Wildman–Crippen LogP) is 2.43. The van der Waals surface area contributed by atoms with Gasteiger partial charge < -0.3 is 26.0 Å². The molecule has 9 nitrogen and oxygen atoms in total. The molecule has 0 spiro atoms. The number of aryl methyl sites for hydroxylation is 1. The number of nitrogen functional groups attached to an aromatic ring is 1. The highest BCUT2D eigenvalue weighted by Crippen LogP contribution is 2.37. The lowest BCUT2D eigenvalue weighted by Crippen LogP contribution is -2.35. The first-order valence-electron chi connectivity index (χ1n) is 10.1. The van der Waals surface area contributed by atoms with Crippen LogP contribution in [0.3, 0.4) is 0 Å². The first-order chi connectivity index (χ1) is 14.5. The Balaban J connectivity index is 1.65. The van der Waals surface area contributed by atoms with Crippen LogP contribution in [0.1, 0.15) is 42.7 Å². The number of nitrogens with one attached hydrogen (secondary N) is 2. The number of nitrogens with zero attached hydrogens (tertiary/aromatic N) is 3. The molecule has 2 aliphatic rings. The second-order valence-electron chi connectivity index (χ2n) is 7.72. The summed E-state index contributed by atoms with van der Waals surface area (Å²) < 4.78 is 5.34. The smallest absolute Gasteiger partial charge is 0.232 e. The topological polar surface area (TPSA) is 122 Å². The fraction of sp³-hybridized carbons (Fsp3) is 0.429. The quantitative estimate of drug-likeness (QED) is 0.707. The van der Waals surface area contributed by atoms with Crippen LogP contribution in [-0.2, 0) is 9.59 Å². The summed E-state index contributed by atoms with van der Waals surface area (Å²) in [6.45, 7) is 3.62. The zero-order chi connectivity index (χ0) is 21.3. The Morgan fingerprint density at radius 2 is 2.03 bits per heavy atom. The molecule has 2 aromatic rings. The average molecular weight is 410 g/mol. The minimum absolute atomic E-state index is 0.0242. The van der Waals surface area contributed by atoms with Crippen molar-refractivity contribution in [2.75, 3.05) is 41.5 Å². The number of methoxy groups -OCH3 is 1. The summed E-state index contributed by atoms with van der Waals surface area (Å²) in [5, 5.41) is 5.63. The molecule has 4 rings (SSSR count). The molecule has 9 heteroatoms. The van der Waals surface area contributed by atoms with Gasteiger partial charge in [-0.3, -0.25) is 9.59 Å². The van der Waals surface area contributed by atoms with Crippen LogP contribution in [0.2, 0.25) is 0 Å². The third-order valence-corrected chi connectivity index (χ3v) is 5.53. The first-order valence-corrected chi connectivity index (χ1v) is 10.1. The van der Waals surface area contributed by atoms with Crippen LogP contribution in [0.15, 0.2) is 18.2 Å². The second kappa shape index (κ2) is 8.17. The monoisotopic (exact) mass is 410 g/mol. The van der Waals surface area contributed by atoms with Gasteiger partial charge >= 0.3 is 0 Å². The molecule has 1 fully saturated rings. The Kier molecular flexibility index (Phi) is 5.43. The number of piperidine rings is 1. The van der Waals surface area contributed by atoms with Crippen LogP contribution in [0.5, 0.6) is 5.75 Å². The summed E-state index contributed by atoms with van der Waals surface area (Å²) >= 11 is 0. The summed E-state index contributed by atoms with van der Waals surface area (Å²) in [5.41, 5.74) is 8.24. The van der Waals surface area contributed by atoms with E-state index in [9.17, 15) is 9.59 Å². The molecular weight excluding hydrogens is 384 g/mol. The van der Waals surface area contributed by atoms with Gasteiger partial charge in [-0.2, -0.15) is 9.97 Å². The van der Waals surface area contributed by atoms with Crippen molar-refractivity contribution in [1.82, 2.24) is 9.97 Å². The Morgan fingerprint density at radius 3 is 2.77 bits per heavy atom. The lowest BCUT2D eigenvalue weighted by atomic mass is 9.91. The minimum Gasteiger partial charge on any atom is -0.495 e. The number of ether oxygens (including phenoxy) is 1. The van der Waals surface area contributed by atoms with E-state index in [1.165, 1.54) is 13.5 Å². The standard InChI is InChI=1S/C21H26N6O3/c1-12-6-7-15(30-2)14(10-12)23-20(29)13-11-16(28)24-19-17(13)18(22)25-21(26-19)27-8-4-3-5-9-27/h6-7,10,13H,3-5,8-9,11H2,1-2H3,(H,23,29)(H3,22,24,25,26,28)/t13-/m1/s1. The Labute approximate surface area is 175 Å². The van der Waals surface area contributed by atoms with Crippen LogP contribution in [0, 0.1) is 6.92 Å². The summed E-state index contributed by atoms with van der Waals surface area (Å²) in [6, 6.07) is 5.50. The molecule has 1 atom stereocenters. The summed E-state index contributed by atoms with van der Waals surface area (Å²) in [6.07, 6.45) is 3.29. The van der Waals surface area contributed by atoms with Crippen molar-refractivity contribution >= 4 is 35.1 Å². The van der Waals surface area contributed by atoms with Crippen molar-refractivity contribution in [3.8, 4) is 5.75 Å². The van der Waals surface area contributed by atoms with E-state index in [0.717, 1.165) is 31.5 Å². The van der Waals surface area contributed by atoms with Crippen molar-refractivity contribution in [3.63, 3.8) is 0 Å². The van der Waals surface area contributed by atoms with Crippen LogP contribution >= 0.6 is 0 Å². The van der Waals surface area contributed by atoms with E-state index in [4.69, 9.17) is 10.5 Å². The van der Waals surface area contributed by atoms with Crippen molar-refractivity contribution in [2.45, 2.75) is 38.5 Å². The number of amides is 2. The molecule has 158 valence electrons. The van der Waals surface area contributed by atoms with Gasteiger partial charge in [0.05, 0.1) is 24.3 Å². The predicted molar refractivity (Wildman–Crippen MR) is 115 cm³/mol. The first kappa shape index (κ1) is 19.9. The van der Waals surface area contributed by atoms with Gasteiger partial charge in [-0.25, -0.2) is 0 Å². The van der Waals surface area contributed by atoms with Gasteiger partial charge in [-0.1, -0.05) is 6.07 Å². The number of nitrogens with two attached hydrogens (primary N) is 1. The molecule has 3 heterocycles. The molecule has 2 aliphatic heterocycles. The zero-order valence-electron chi connectivity index (χ0n) is 17.2. The molecular formula is C21H26N6O3. The number of hydrogen-bond acceptors (Lipinski definition) is 7. The van der Waals surface area contributed by atoms with E-state index in [-0.39, 0.29) is 24.1 Å². The number of carbonyl (C=O) groups is 2. The number of benzene rings is 1. The Bertz CT molecular complexity index is 987. The molecule has 1 aromatic heterocycles. The number of anilines is 4. The maximum atomic E-state index is 13.1. The third-order valence-electron chi connectivity index (χ3n) is 5.53. The lowest BCUT2D eigenvalue weighted by Gasteiger charge is -2.30. The summed E-state index contributed by atoms with van der Waals surface area (Å²) in [5.74, 6) is 0.159. The van der Waals surface area contributed by atoms with Crippen molar-refractivity contribution in [2.24, 2.45) is 0 Å². The van der Waals surface area contributed by atoms with Crippen LogP contribution in [0.4, 0.5) is 23.3 Å². The van der Waals surface area contributed by atoms with Gasteiger partial charge in [0.2, 0.25) is 17.8 Å². The molecule has 0 unspecified atom stereocenters. The minimum atomic E-state index is -0.783. The van der Waals surface area contributed by atoms with E-state index in [1.807, 2.05) is 19.1 Å². The van der Waals surface area contributed by atoms with Crippen molar-refractivity contribution in [1.29, 1.82) is 0 Å². The molecule has 1 aromatic carbocycles. The lowest BCUT2D eigenvalue weighted by molar-refractivity contribution is -0.123. The molecule has 0 aliphatic carbocycles. The number of rotatable bonds is 4. The van der Waals surface area contributed by atoms with Gasteiger partial charge in [0, 0.05) is 19.5 Å². The third kappa shape index (κ3) is 3.87. The van der Waals surface area contributed by atoms with E-state index in [2.05, 4.69) is 25.5 Å². The number of aromatic nitrogens is 2. The maximum Gasteiger partial charge on any atom is 0.232 e. The number of fused-ring (bicyclic) bond motifs is 1. The van der Waals surface area contributed by atoms with Crippen LogP contribution < -0.4 is 26.0 Å². The van der Waals surface area contributed by atoms with Crippen molar-refractivity contribution < 1.29 is 14.3 Å². The molecule has 30 heavy (non-hydrogen) atoms. The van der Waals surface area contributed by atoms with Crippen LogP contribution in [0.25, 0.3) is 0 Å². The van der Waals surface area contributed by atoms with Gasteiger partial charge in [-0.15, -0.1) is 0 Å². The van der Waals surface area contributed by atoms with E-state index in [1.54, 1.807) is 6.07 Å². The SMILES string of the molecule is COc1ccc(C)cc1NC(=O)[C@@H]1CC(=O)Nc2nc(N3CCCCC3)nc(N)c21. The summed E-state index contributed by atoms with van der Waals surface area (Å²) in [7, 11) is 1.54. The fourth-order valence-corrected chi connectivity index (χ4v) is 3.98. The van der Waals surface area contributed by atoms with Crippen molar-refractivity contribution in [3.05, 3.63) is 29.3 Å². The van der Waals surface area contributed by atoms with E-state index < -0.39 is 5.92 Å². The molecule has 0 saturated carbocycles. The average Bonchev–Trinajstić information content (AvgIpc) is 2.73. The fourth-order valence-electron chi connectivity index (χ4n) is 3.98. The van der Waals surface area contributed by atoms with Crippen LogP contribution in [-0.4, -0.2) is 42.0 Å². The number of carbonyl (C=O) groups excluding carboxylic acids is 2. The normalized spacial score (nSPS) is 18.4. The van der Waals surface area contributed by atoms with E-state index >= 15 is 0 Å². The van der Waals surface area contributed by atoms with Gasteiger partial charge in [0.1, 0.15) is 17.4 Å². The second-order valence-corrected chi connectivity index (χ2v) is 7.72. The molecule has 2 amide bonds. The zero-order valence-corrected chi connectivity index (χ0v) is 17.2. The summed E-state index contributed by atoms with van der Waals surface area (Å²) in [4.78, 5) is 36.5. The molecule has 0 bridgehead atoms. The number of hydrogen-bond donors (Lipinski definition) is 3.